The van der Waals surface area contributed by atoms with E-state index in [1.165, 1.54) is 29.7 Å². The molecule has 0 unspecified atom stereocenters. The molecule has 0 radical (unpaired) electrons. The van der Waals surface area contributed by atoms with Crippen LogP contribution in [0.5, 0.6) is 0 Å². The summed E-state index contributed by atoms with van der Waals surface area (Å²) in [5.41, 5.74) is 1.14. The number of urea groups is 1. The van der Waals surface area contributed by atoms with Gasteiger partial charge in [-0.2, -0.15) is 0 Å². The lowest BCUT2D eigenvalue weighted by molar-refractivity contribution is -0.130. The third kappa shape index (κ3) is 4.52. The summed E-state index contributed by atoms with van der Waals surface area (Å²) >= 11 is 0. The van der Waals surface area contributed by atoms with Crippen LogP contribution >= 0.6 is 0 Å². The Morgan fingerprint density at radius 1 is 1.03 bits per heavy atom. The maximum absolute atomic E-state index is 13.7. The van der Waals surface area contributed by atoms with Crippen molar-refractivity contribution in [1.29, 1.82) is 0 Å². The molecule has 2 aliphatic carbocycles. The fourth-order valence-electron chi connectivity index (χ4n) is 6.92. The van der Waals surface area contributed by atoms with E-state index in [0.29, 0.717) is 19.0 Å². The summed E-state index contributed by atoms with van der Waals surface area (Å²) in [5.74, 6) is 0.485. The van der Waals surface area contributed by atoms with E-state index in [2.05, 4.69) is 54.2 Å². The highest BCUT2D eigenvalue weighted by Crippen LogP contribution is 2.49. The van der Waals surface area contributed by atoms with Crippen molar-refractivity contribution in [3.8, 4) is 0 Å². The minimum absolute atomic E-state index is 0.0293. The second-order valence-corrected chi connectivity index (χ2v) is 11.8. The predicted octanol–water partition coefficient (Wildman–Crippen LogP) is 2.25. The maximum Gasteiger partial charge on any atom is 0.320 e. The maximum atomic E-state index is 13.7. The number of carbonyl (C=O) groups is 2. The monoisotopic (exact) mass is 498 g/mol. The molecule has 1 aromatic carbocycles. The van der Waals surface area contributed by atoms with Crippen LogP contribution in [0.1, 0.15) is 56.9 Å². The van der Waals surface area contributed by atoms with Gasteiger partial charge in [0.1, 0.15) is 0 Å². The van der Waals surface area contributed by atoms with Gasteiger partial charge in [0.15, 0.2) is 0 Å². The SMILES string of the molecule is CN(C)[C@]1(c2ccccc2)CC[C@]2(CC1)CN(CCC(=O)N1C[C@H](O)[C@@H](O)C1)C(=O)N2CC1CCC1. The fourth-order valence-corrected chi connectivity index (χ4v) is 6.92. The van der Waals surface area contributed by atoms with E-state index in [1.807, 2.05) is 4.90 Å². The van der Waals surface area contributed by atoms with Gasteiger partial charge in [-0.3, -0.25) is 9.69 Å². The minimum Gasteiger partial charge on any atom is -0.388 e. The molecule has 5 rings (SSSR count). The van der Waals surface area contributed by atoms with Gasteiger partial charge in [-0.25, -0.2) is 4.79 Å². The zero-order valence-electron chi connectivity index (χ0n) is 21.8. The number of aliphatic hydroxyl groups is 2. The predicted molar refractivity (Wildman–Crippen MR) is 137 cm³/mol. The lowest BCUT2D eigenvalue weighted by Gasteiger charge is -2.51. The lowest BCUT2D eigenvalue weighted by atomic mass is 9.68. The summed E-state index contributed by atoms with van der Waals surface area (Å²) in [7, 11) is 4.34. The third-order valence-electron chi connectivity index (χ3n) is 9.61. The van der Waals surface area contributed by atoms with Gasteiger partial charge >= 0.3 is 6.03 Å². The average molecular weight is 499 g/mol. The molecule has 2 N–H and O–H groups in total. The van der Waals surface area contributed by atoms with Gasteiger partial charge in [-0.05, 0) is 64.1 Å². The molecule has 4 fully saturated rings. The highest BCUT2D eigenvalue weighted by Gasteiger charge is 2.54. The Morgan fingerprint density at radius 2 is 1.67 bits per heavy atom. The molecule has 8 heteroatoms. The molecule has 198 valence electrons. The smallest absolute Gasteiger partial charge is 0.320 e. The van der Waals surface area contributed by atoms with Crippen molar-refractivity contribution in [2.24, 2.45) is 5.92 Å². The lowest BCUT2D eigenvalue weighted by Crippen LogP contribution is -2.56. The van der Waals surface area contributed by atoms with Crippen LogP contribution < -0.4 is 0 Å². The molecule has 0 aromatic heterocycles. The molecular formula is C28H42N4O4. The van der Waals surface area contributed by atoms with Crippen LogP contribution in [0.2, 0.25) is 0 Å². The topological polar surface area (TPSA) is 87.6 Å². The zero-order chi connectivity index (χ0) is 25.5. The summed E-state index contributed by atoms with van der Waals surface area (Å²) in [6.07, 6.45) is 6.00. The van der Waals surface area contributed by atoms with Crippen LogP contribution in [0.25, 0.3) is 0 Å². The van der Waals surface area contributed by atoms with Crippen molar-refractivity contribution in [1.82, 2.24) is 19.6 Å². The Kier molecular flexibility index (Phi) is 7.05. The molecule has 1 spiro atoms. The number of rotatable bonds is 7. The average Bonchev–Trinajstić information content (AvgIpc) is 3.31. The molecular weight excluding hydrogens is 456 g/mol. The van der Waals surface area contributed by atoms with Crippen molar-refractivity contribution < 1.29 is 19.8 Å². The summed E-state index contributed by atoms with van der Waals surface area (Å²) in [6.45, 7) is 2.22. The summed E-state index contributed by atoms with van der Waals surface area (Å²) < 4.78 is 0. The molecule has 3 amide bonds. The van der Waals surface area contributed by atoms with Gasteiger partial charge in [-0.1, -0.05) is 36.8 Å². The van der Waals surface area contributed by atoms with Crippen molar-refractivity contribution in [3.63, 3.8) is 0 Å². The number of hydrogen-bond acceptors (Lipinski definition) is 5. The first-order chi connectivity index (χ1) is 17.2. The number of hydrogen-bond donors (Lipinski definition) is 2. The van der Waals surface area contributed by atoms with Crippen LogP contribution in [0.3, 0.4) is 0 Å². The number of aliphatic hydroxyl groups excluding tert-OH is 2. The van der Waals surface area contributed by atoms with Gasteiger partial charge < -0.3 is 24.9 Å². The van der Waals surface area contributed by atoms with Gasteiger partial charge in [0.2, 0.25) is 5.91 Å². The molecule has 2 saturated carbocycles. The second-order valence-electron chi connectivity index (χ2n) is 11.8. The molecule has 8 nitrogen and oxygen atoms in total. The first-order valence-electron chi connectivity index (χ1n) is 13.7. The molecule has 2 atom stereocenters. The van der Waals surface area contributed by atoms with E-state index in [1.54, 1.807) is 0 Å². The van der Waals surface area contributed by atoms with Gasteiger partial charge in [0.25, 0.3) is 0 Å². The number of carbonyl (C=O) groups excluding carboxylic acids is 2. The highest BCUT2D eigenvalue weighted by molar-refractivity contribution is 5.80. The zero-order valence-corrected chi connectivity index (χ0v) is 21.8. The van der Waals surface area contributed by atoms with E-state index in [-0.39, 0.29) is 42.5 Å². The fraction of sp³-hybridized carbons (Fsp3) is 0.714. The van der Waals surface area contributed by atoms with Crippen LogP contribution in [0.4, 0.5) is 4.79 Å². The van der Waals surface area contributed by atoms with Crippen molar-refractivity contribution in [3.05, 3.63) is 35.9 Å². The van der Waals surface area contributed by atoms with Gasteiger partial charge in [-0.15, -0.1) is 0 Å². The van der Waals surface area contributed by atoms with Crippen LogP contribution in [-0.4, -0.2) is 106 Å². The van der Waals surface area contributed by atoms with Crippen molar-refractivity contribution >= 4 is 11.9 Å². The van der Waals surface area contributed by atoms with E-state index < -0.39 is 12.2 Å². The van der Waals surface area contributed by atoms with Crippen LogP contribution in [-0.2, 0) is 10.3 Å². The molecule has 2 saturated heterocycles. The second kappa shape index (κ2) is 9.95. The molecule has 36 heavy (non-hydrogen) atoms. The Morgan fingerprint density at radius 3 is 2.22 bits per heavy atom. The Bertz CT molecular complexity index is 932. The van der Waals surface area contributed by atoms with E-state index in [0.717, 1.165) is 32.2 Å². The Labute approximate surface area is 214 Å². The van der Waals surface area contributed by atoms with Crippen LogP contribution in [0.15, 0.2) is 30.3 Å². The summed E-state index contributed by atoms with van der Waals surface area (Å²) in [6, 6.07) is 10.8. The molecule has 2 heterocycles. The molecule has 4 aliphatic rings. The molecule has 1 aromatic rings. The number of benzene rings is 1. The van der Waals surface area contributed by atoms with Gasteiger partial charge in [0.05, 0.1) is 17.7 Å². The number of amides is 3. The summed E-state index contributed by atoms with van der Waals surface area (Å²) in [5, 5.41) is 19.6. The number of β-amino-alcohol motifs (C(OH)–C–C–N with tert-alkyl or cyclic N) is 2. The summed E-state index contributed by atoms with van der Waals surface area (Å²) in [4.78, 5) is 34.4. The third-order valence-corrected chi connectivity index (χ3v) is 9.61. The molecule has 2 aliphatic heterocycles. The largest absolute Gasteiger partial charge is 0.388 e. The highest BCUT2D eigenvalue weighted by atomic mass is 16.3. The quantitative estimate of drug-likeness (QED) is 0.602. The van der Waals surface area contributed by atoms with E-state index >= 15 is 0 Å². The van der Waals surface area contributed by atoms with E-state index in [4.69, 9.17) is 0 Å². The molecule has 0 bridgehead atoms. The van der Waals surface area contributed by atoms with Crippen molar-refractivity contribution in [2.45, 2.75) is 74.7 Å². The minimum atomic E-state index is -0.882. The Balaban J connectivity index is 1.30. The number of nitrogens with zero attached hydrogens (tertiary/aromatic N) is 4. The van der Waals surface area contributed by atoms with Crippen molar-refractivity contribution in [2.75, 3.05) is 46.8 Å². The first-order valence-corrected chi connectivity index (χ1v) is 13.7. The standard InChI is InChI=1S/C28H42N4O4/c1-29(2)28(22-9-4-3-5-10-22)14-12-27(13-15-28)20-30(26(36)32(27)17-21-7-6-8-21)16-11-25(35)31-18-23(33)24(34)19-31/h3-5,9-10,21,23-24,33-34H,6-8,11-20H2,1-2H3/t23-,24-,27-,28+/m0/s1. The van der Waals surface area contributed by atoms with E-state index in [9.17, 15) is 19.8 Å². The van der Waals surface area contributed by atoms with Gasteiger partial charge in [0, 0.05) is 44.7 Å². The van der Waals surface area contributed by atoms with Crippen LogP contribution in [0, 0.1) is 5.92 Å². The Hall–Kier alpha value is -2.16. The first kappa shape index (κ1) is 25.5. The normalized spacial score (nSPS) is 33.1. The number of likely N-dealkylation sites (tertiary alicyclic amines) is 1.